The average Bonchev–Trinajstić information content (AvgIpc) is 3.08. The van der Waals surface area contributed by atoms with E-state index in [-0.39, 0.29) is 10.8 Å². The number of carbonyl (C=O) groups is 1. The van der Waals surface area contributed by atoms with Crippen LogP contribution < -0.4 is 0 Å². The molecule has 1 saturated heterocycles. The van der Waals surface area contributed by atoms with Gasteiger partial charge in [-0.1, -0.05) is 49.2 Å². The van der Waals surface area contributed by atoms with Gasteiger partial charge in [0.25, 0.3) is 5.91 Å². The molecule has 0 saturated carbocycles. The van der Waals surface area contributed by atoms with Gasteiger partial charge in [0.2, 0.25) is 10.0 Å². The van der Waals surface area contributed by atoms with Crippen molar-refractivity contribution in [2.45, 2.75) is 43.7 Å². The van der Waals surface area contributed by atoms with Gasteiger partial charge in [-0.2, -0.15) is 9.40 Å². The quantitative estimate of drug-likeness (QED) is 0.531. The molecule has 8 heteroatoms. The molecule has 1 fully saturated rings. The lowest BCUT2D eigenvalue weighted by Gasteiger charge is -2.21. The van der Waals surface area contributed by atoms with Gasteiger partial charge in [-0.25, -0.2) is 8.42 Å². The van der Waals surface area contributed by atoms with Crippen molar-refractivity contribution in [3.8, 4) is 0 Å². The minimum atomic E-state index is -3.60. The topological polar surface area (TPSA) is 75.5 Å². The van der Waals surface area contributed by atoms with Gasteiger partial charge in [-0.05, 0) is 36.6 Å². The van der Waals surface area contributed by atoms with Crippen molar-refractivity contribution in [3.05, 3.63) is 83.7 Å². The predicted octanol–water partition coefficient (Wildman–Crippen LogP) is 3.77. The number of rotatable bonds is 7. The fourth-order valence-electron chi connectivity index (χ4n) is 4.13. The highest BCUT2D eigenvalue weighted by Gasteiger charge is 2.26. The Bertz CT molecular complexity index is 1180. The molecule has 4 rings (SSSR count). The number of nitrogens with zero attached hydrogens (tertiary/aromatic N) is 4. The van der Waals surface area contributed by atoms with Gasteiger partial charge >= 0.3 is 0 Å². The summed E-state index contributed by atoms with van der Waals surface area (Å²) in [6.07, 6.45) is 7.54. The summed E-state index contributed by atoms with van der Waals surface area (Å²) in [5.41, 5.74) is 2.43. The summed E-state index contributed by atoms with van der Waals surface area (Å²) in [6, 6.07) is 16.4. The van der Waals surface area contributed by atoms with Crippen molar-refractivity contribution < 1.29 is 13.2 Å². The second-order valence-corrected chi connectivity index (χ2v) is 10.5. The van der Waals surface area contributed by atoms with Crippen molar-refractivity contribution >= 4 is 15.9 Å². The molecule has 0 unspecified atom stereocenters. The van der Waals surface area contributed by atoms with Gasteiger partial charge in [0.05, 0.1) is 17.6 Å². The Labute approximate surface area is 195 Å². The normalized spacial score (nSPS) is 15.2. The van der Waals surface area contributed by atoms with Gasteiger partial charge in [-0.3, -0.25) is 9.48 Å². The average molecular weight is 467 g/mol. The fraction of sp³-hybridized carbons (Fsp3) is 0.360. The number of hydrogen-bond acceptors (Lipinski definition) is 4. The smallest absolute Gasteiger partial charge is 0.253 e. The molecule has 2 aromatic carbocycles. The number of aromatic nitrogens is 2. The van der Waals surface area contributed by atoms with E-state index in [0.29, 0.717) is 31.7 Å². The zero-order valence-corrected chi connectivity index (χ0v) is 19.7. The first-order valence-electron chi connectivity index (χ1n) is 11.3. The molecule has 33 heavy (non-hydrogen) atoms. The molecule has 0 bridgehead atoms. The van der Waals surface area contributed by atoms with Gasteiger partial charge in [0.15, 0.2) is 0 Å². The van der Waals surface area contributed by atoms with E-state index in [0.717, 1.165) is 36.8 Å². The Hall–Kier alpha value is -2.97. The highest BCUT2D eigenvalue weighted by Crippen LogP contribution is 2.22. The summed E-state index contributed by atoms with van der Waals surface area (Å²) in [5, 5.41) is 4.40. The van der Waals surface area contributed by atoms with E-state index in [1.807, 2.05) is 41.2 Å². The van der Waals surface area contributed by atoms with Crippen LogP contribution in [0.5, 0.6) is 0 Å². The van der Waals surface area contributed by atoms with Crippen molar-refractivity contribution in [1.82, 2.24) is 19.0 Å². The van der Waals surface area contributed by atoms with Crippen LogP contribution in [0.4, 0.5) is 0 Å². The van der Waals surface area contributed by atoms with Gasteiger partial charge in [0.1, 0.15) is 0 Å². The molecule has 174 valence electrons. The number of amides is 1. The van der Waals surface area contributed by atoms with E-state index in [9.17, 15) is 13.2 Å². The van der Waals surface area contributed by atoms with Crippen LogP contribution in [0.1, 0.15) is 47.2 Å². The Morgan fingerprint density at radius 3 is 2.42 bits per heavy atom. The van der Waals surface area contributed by atoms with Crippen LogP contribution >= 0.6 is 0 Å². The third-order valence-corrected chi connectivity index (χ3v) is 7.82. The zero-order chi connectivity index (χ0) is 23.3. The van der Waals surface area contributed by atoms with E-state index in [1.165, 1.54) is 6.07 Å². The number of benzene rings is 2. The van der Waals surface area contributed by atoms with Crippen LogP contribution in [-0.2, 0) is 23.1 Å². The minimum Gasteiger partial charge on any atom is -0.337 e. The Morgan fingerprint density at radius 2 is 1.70 bits per heavy atom. The molecular formula is C25H30N4O3S. The molecule has 0 spiro atoms. The van der Waals surface area contributed by atoms with E-state index < -0.39 is 10.0 Å². The molecule has 0 radical (unpaired) electrons. The van der Waals surface area contributed by atoms with Crippen LogP contribution in [0.25, 0.3) is 0 Å². The lowest BCUT2D eigenvalue weighted by molar-refractivity contribution is 0.0785. The fourth-order valence-corrected chi connectivity index (χ4v) is 5.70. The number of hydrogen-bond donors (Lipinski definition) is 0. The van der Waals surface area contributed by atoms with Crippen LogP contribution in [0, 0.1) is 0 Å². The largest absolute Gasteiger partial charge is 0.337 e. The van der Waals surface area contributed by atoms with Gasteiger partial charge in [0, 0.05) is 44.0 Å². The SMILES string of the molecule is CN(Cc1cnn(Cc2ccccc2)c1)C(=O)c1cccc(S(=O)(=O)N2CCCCCC2)c1. The number of sulfonamides is 1. The molecule has 1 aliphatic rings. The van der Waals surface area contributed by atoms with Gasteiger partial charge < -0.3 is 4.90 Å². The monoisotopic (exact) mass is 466 g/mol. The van der Waals surface area contributed by atoms with Crippen molar-refractivity contribution in [2.24, 2.45) is 0 Å². The van der Waals surface area contributed by atoms with E-state index >= 15 is 0 Å². The third kappa shape index (κ3) is 5.69. The molecule has 1 aromatic heterocycles. The molecule has 0 aliphatic carbocycles. The Balaban J connectivity index is 1.44. The second kappa shape index (κ2) is 10.3. The highest BCUT2D eigenvalue weighted by atomic mass is 32.2. The lowest BCUT2D eigenvalue weighted by Crippen LogP contribution is -2.32. The Kier molecular flexibility index (Phi) is 7.25. The third-order valence-electron chi connectivity index (χ3n) is 5.92. The van der Waals surface area contributed by atoms with Crippen molar-refractivity contribution in [1.29, 1.82) is 0 Å². The minimum absolute atomic E-state index is 0.180. The first-order chi connectivity index (χ1) is 15.9. The second-order valence-electron chi connectivity index (χ2n) is 8.54. The predicted molar refractivity (Wildman–Crippen MR) is 127 cm³/mol. The standard InChI is InChI=1S/C25H30N4O3S/c1-27(18-22-17-26-28(20-22)19-21-10-5-4-6-11-21)25(30)23-12-9-13-24(16-23)33(31,32)29-14-7-2-3-8-15-29/h4-6,9-13,16-17,20H,2-3,7-8,14-15,18-19H2,1H3. The van der Waals surface area contributed by atoms with Crippen LogP contribution in [0.2, 0.25) is 0 Å². The van der Waals surface area contributed by atoms with Crippen molar-refractivity contribution in [2.75, 3.05) is 20.1 Å². The van der Waals surface area contributed by atoms with E-state index in [2.05, 4.69) is 5.10 Å². The van der Waals surface area contributed by atoms with E-state index in [1.54, 1.807) is 40.6 Å². The molecule has 0 atom stereocenters. The molecular weight excluding hydrogens is 436 g/mol. The molecule has 7 nitrogen and oxygen atoms in total. The van der Waals surface area contributed by atoms with Crippen molar-refractivity contribution in [3.63, 3.8) is 0 Å². The molecule has 1 amide bonds. The summed E-state index contributed by atoms with van der Waals surface area (Å²) in [6.45, 7) is 2.12. The summed E-state index contributed by atoms with van der Waals surface area (Å²) < 4.78 is 29.6. The van der Waals surface area contributed by atoms with E-state index in [4.69, 9.17) is 0 Å². The summed E-state index contributed by atoms with van der Waals surface area (Å²) in [7, 11) is -1.89. The van der Waals surface area contributed by atoms with Gasteiger partial charge in [-0.15, -0.1) is 0 Å². The Morgan fingerprint density at radius 1 is 0.970 bits per heavy atom. The maximum atomic E-state index is 13.1. The molecule has 0 N–H and O–H groups in total. The molecule has 1 aliphatic heterocycles. The summed E-state index contributed by atoms with van der Waals surface area (Å²) in [4.78, 5) is 14.8. The maximum absolute atomic E-state index is 13.1. The maximum Gasteiger partial charge on any atom is 0.253 e. The lowest BCUT2D eigenvalue weighted by atomic mass is 10.2. The van der Waals surface area contributed by atoms with Crippen LogP contribution in [0.3, 0.4) is 0 Å². The molecule has 2 heterocycles. The van der Waals surface area contributed by atoms with Crippen LogP contribution in [-0.4, -0.2) is 53.4 Å². The van der Waals surface area contributed by atoms with Crippen LogP contribution in [0.15, 0.2) is 71.9 Å². The molecule has 3 aromatic rings. The first kappa shape index (κ1) is 23.2. The summed E-state index contributed by atoms with van der Waals surface area (Å²) >= 11 is 0. The highest BCUT2D eigenvalue weighted by molar-refractivity contribution is 7.89. The first-order valence-corrected chi connectivity index (χ1v) is 12.8. The zero-order valence-electron chi connectivity index (χ0n) is 18.9. The number of carbonyl (C=O) groups excluding carboxylic acids is 1. The summed E-state index contributed by atoms with van der Waals surface area (Å²) in [5.74, 6) is -0.223.